The maximum Gasteiger partial charge on any atom is 0.287 e. The fraction of sp³-hybridized carbons (Fsp3) is 0.348. The van der Waals surface area contributed by atoms with Crippen LogP contribution in [0.3, 0.4) is 0 Å². The number of furan rings is 1. The van der Waals surface area contributed by atoms with Gasteiger partial charge in [0, 0.05) is 30.2 Å². The number of aryl methyl sites for hydroxylation is 1. The van der Waals surface area contributed by atoms with E-state index in [1.54, 1.807) is 24.7 Å². The van der Waals surface area contributed by atoms with Crippen LogP contribution in [0.25, 0.3) is 22.6 Å². The van der Waals surface area contributed by atoms with E-state index in [-0.39, 0.29) is 11.8 Å². The predicted molar refractivity (Wildman–Crippen MR) is 113 cm³/mol. The van der Waals surface area contributed by atoms with Gasteiger partial charge in [0.1, 0.15) is 11.3 Å². The number of carbonyl (C=O) groups excluding carboxylic acids is 1. The molecule has 1 aromatic carbocycles. The molecule has 8 nitrogen and oxygen atoms in total. The summed E-state index contributed by atoms with van der Waals surface area (Å²) in [7, 11) is 0. The van der Waals surface area contributed by atoms with Crippen molar-refractivity contribution in [3.63, 3.8) is 0 Å². The quantitative estimate of drug-likeness (QED) is 0.516. The maximum absolute atomic E-state index is 12.5. The van der Waals surface area contributed by atoms with E-state index in [2.05, 4.69) is 25.5 Å². The number of hydrogen-bond donors (Lipinski definition) is 1. The van der Waals surface area contributed by atoms with Crippen LogP contribution in [0.1, 0.15) is 53.6 Å². The molecule has 1 amide bonds. The van der Waals surface area contributed by atoms with Gasteiger partial charge in [0.2, 0.25) is 5.89 Å². The maximum atomic E-state index is 12.5. The molecular weight excluding hydrogens is 394 g/mol. The fourth-order valence-electron chi connectivity index (χ4n) is 4.12. The summed E-state index contributed by atoms with van der Waals surface area (Å²) in [6, 6.07) is 7.70. The molecule has 0 unspecified atom stereocenters. The van der Waals surface area contributed by atoms with E-state index >= 15 is 0 Å². The lowest BCUT2D eigenvalue weighted by Crippen LogP contribution is -2.30. The largest absolute Gasteiger partial charge is 0.451 e. The summed E-state index contributed by atoms with van der Waals surface area (Å²) in [5.41, 5.74) is 2.46. The van der Waals surface area contributed by atoms with Crippen molar-refractivity contribution in [2.75, 3.05) is 6.54 Å². The first-order valence-electron chi connectivity index (χ1n) is 10.5. The number of benzene rings is 1. The highest BCUT2D eigenvalue weighted by Gasteiger charge is 2.27. The Kier molecular flexibility index (Phi) is 5.19. The van der Waals surface area contributed by atoms with Crippen molar-refractivity contribution < 1.29 is 13.6 Å². The zero-order chi connectivity index (χ0) is 21.2. The number of rotatable bonds is 5. The van der Waals surface area contributed by atoms with Gasteiger partial charge in [-0.3, -0.25) is 9.78 Å². The Morgan fingerprint density at radius 3 is 2.77 bits per heavy atom. The first-order valence-corrected chi connectivity index (χ1v) is 10.5. The molecule has 1 N–H and O–H groups in total. The minimum Gasteiger partial charge on any atom is -0.451 e. The van der Waals surface area contributed by atoms with Crippen LogP contribution in [0, 0.1) is 12.8 Å². The molecule has 31 heavy (non-hydrogen) atoms. The third kappa shape index (κ3) is 4.19. The number of carbonyl (C=O) groups is 1. The highest BCUT2D eigenvalue weighted by Crippen LogP contribution is 2.35. The van der Waals surface area contributed by atoms with Gasteiger partial charge in [-0.15, -0.1) is 10.2 Å². The Morgan fingerprint density at radius 1 is 1.10 bits per heavy atom. The molecule has 1 aliphatic carbocycles. The summed E-state index contributed by atoms with van der Waals surface area (Å²) < 4.78 is 11.5. The van der Waals surface area contributed by atoms with Crippen LogP contribution < -0.4 is 5.32 Å². The lowest BCUT2D eigenvalue weighted by atomic mass is 9.82. The monoisotopic (exact) mass is 417 g/mol. The van der Waals surface area contributed by atoms with Crippen LogP contribution in [0.15, 0.2) is 51.7 Å². The summed E-state index contributed by atoms with van der Waals surface area (Å²) in [4.78, 5) is 20.7. The molecule has 8 heteroatoms. The molecule has 0 radical (unpaired) electrons. The first-order chi connectivity index (χ1) is 15.2. The second-order valence-electron chi connectivity index (χ2n) is 8.12. The number of amides is 1. The van der Waals surface area contributed by atoms with Gasteiger partial charge in [-0.25, -0.2) is 4.98 Å². The smallest absolute Gasteiger partial charge is 0.287 e. The molecule has 4 aromatic rings. The van der Waals surface area contributed by atoms with Crippen molar-refractivity contribution in [1.29, 1.82) is 0 Å². The Labute approximate surface area is 179 Å². The second kappa shape index (κ2) is 8.29. The van der Waals surface area contributed by atoms with Crippen LogP contribution in [-0.4, -0.2) is 32.6 Å². The topological polar surface area (TPSA) is 107 Å². The number of nitrogens with one attached hydrogen (secondary N) is 1. The van der Waals surface area contributed by atoms with E-state index in [0.717, 1.165) is 42.2 Å². The average molecular weight is 417 g/mol. The summed E-state index contributed by atoms with van der Waals surface area (Å²) in [6.07, 6.45) is 8.71. The number of aromatic nitrogens is 4. The third-order valence-corrected chi connectivity index (χ3v) is 5.87. The van der Waals surface area contributed by atoms with E-state index in [4.69, 9.17) is 8.83 Å². The minimum absolute atomic E-state index is 0.165. The second-order valence-corrected chi connectivity index (χ2v) is 8.12. The Balaban J connectivity index is 1.14. The Morgan fingerprint density at radius 2 is 1.97 bits per heavy atom. The molecule has 0 aliphatic heterocycles. The molecule has 3 heterocycles. The van der Waals surface area contributed by atoms with Crippen molar-refractivity contribution >= 4 is 16.9 Å². The van der Waals surface area contributed by atoms with Gasteiger partial charge < -0.3 is 14.2 Å². The summed E-state index contributed by atoms with van der Waals surface area (Å²) >= 11 is 0. The first kappa shape index (κ1) is 19.4. The predicted octanol–water partition coefficient (Wildman–Crippen LogP) is 4.29. The van der Waals surface area contributed by atoms with Gasteiger partial charge in [-0.1, -0.05) is 11.6 Å². The normalized spacial score (nSPS) is 18.9. The van der Waals surface area contributed by atoms with E-state index in [0.29, 0.717) is 35.7 Å². The molecular formula is C23H23N5O3. The summed E-state index contributed by atoms with van der Waals surface area (Å²) in [6.45, 7) is 2.66. The SMILES string of the molecule is Cc1ccc2oc(C(=O)NCC3CCC(c4nnc(-c5cnccn5)o4)CC3)cc2c1. The highest BCUT2D eigenvalue weighted by molar-refractivity contribution is 5.96. The fourth-order valence-corrected chi connectivity index (χ4v) is 4.12. The molecule has 1 saturated carbocycles. The molecule has 158 valence electrons. The molecule has 1 aliphatic rings. The lowest BCUT2D eigenvalue weighted by molar-refractivity contribution is 0.0916. The highest BCUT2D eigenvalue weighted by atomic mass is 16.4. The molecule has 0 bridgehead atoms. The van der Waals surface area contributed by atoms with E-state index < -0.39 is 0 Å². The van der Waals surface area contributed by atoms with E-state index in [9.17, 15) is 4.79 Å². The number of hydrogen-bond acceptors (Lipinski definition) is 7. The zero-order valence-corrected chi connectivity index (χ0v) is 17.2. The molecule has 3 aromatic heterocycles. The minimum atomic E-state index is -0.165. The van der Waals surface area contributed by atoms with Crippen LogP contribution in [0.5, 0.6) is 0 Å². The Bertz CT molecular complexity index is 1190. The van der Waals surface area contributed by atoms with Crippen molar-refractivity contribution in [3.8, 4) is 11.6 Å². The van der Waals surface area contributed by atoms with Crippen LogP contribution in [-0.2, 0) is 0 Å². The van der Waals surface area contributed by atoms with Crippen LogP contribution in [0.4, 0.5) is 0 Å². The van der Waals surface area contributed by atoms with Crippen molar-refractivity contribution in [2.45, 2.75) is 38.5 Å². The zero-order valence-electron chi connectivity index (χ0n) is 17.2. The van der Waals surface area contributed by atoms with Gasteiger partial charge in [-0.2, -0.15) is 0 Å². The van der Waals surface area contributed by atoms with E-state index in [1.807, 2.05) is 25.1 Å². The number of nitrogens with zero attached hydrogens (tertiary/aromatic N) is 4. The third-order valence-electron chi connectivity index (χ3n) is 5.87. The van der Waals surface area contributed by atoms with Gasteiger partial charge in [0.15, 0.2) is 5.76 Å². The number of fused-ring (bicyclic) bond motifs is 1. The van der Waals surface area contributed by atoms with Crippen molar-refractivity contribution in [1.82, 2.24) is 25.5 Å². The van der Waals surface area contributed by atoms with Gasteiger partial charge in [0.05, 0.1) is 6.20 Å². The van der Waals surface area contributed by atoms with Crippen molar-refractivity contribution in [2.24, 2.45) is 5.92 Å². The molecule has 1 fully saturated rings. The molecule has 0 atom stereocenters. The lowest BCUT2D eigenvalue weighted by Gasteiger charge is -2.26. The summed E-state index contributed by atoms with van der Waals surface area (Å²) in [5, 5.41) is 12.3. The van der Waals surface area contributed by atoms with Crippen LogP contribution >= 0.6 is 0 Å². The van der Waals surface area contributed by atoms with Gasteiger partial charge >= 0.3 is 0 Å². The van der Waals surface area contributed by atoms with Crippen LogP contribution in [0.2, 0.25) is 0 Å². The van der Waals surface area contributed by atoms with Gasteiger partial charge in [-0.05, 0) is 56.7 Å². The molecule has 5 rings (SSSR count). The van der Waals surface area contributed by atoms with Crippen molar-refractivity contribution in [3.05, 3.63) is 60.1 Å². The van der Waals surface area contributed by atoms with E-state index in [1.165, 1.54) is 0 Å². The van der Waals surface area contributed by atoms with Gasteiger partial charge in [0.25, 0.3) is 11.8 Å². The molecule has 0 spiro atoms. The standard InChI is InChI=1S/C23H23N5O3/c1-14-2-7-19-17(10-14)11-20(30-19)21(29)26-12-15-3-5-16(6-4-15)22-27-28-23(31-22)18-13-24-8-9-25-18/h2,7-11,13,15-16H,3-6,12H2,1H3,(H,26,29). The average Bonchev–Trinajstić information content (AvgIpc) is 3.46. The Hall–Kier alpha value is -3.55. The summed E-state index contributed by atoms with van der Waals surface area (Å²) in [5.74, 6) is 1.91. The molecule has 0 saturated heterocycles.